The number of aryl methyl sites for hydroxylation is 1. The Kier molecular flexibility index (Phi) is 12.3. The van der Waals surface area contributed by atoms with Crippen molar-refractivity contribution in [3.8, 4) is 17.0 Å². The number of benzene rings is 1. The van der Waals surface area contributed by atoms with E-state index in [9.17, 15) is 4.55 Å². The van der Waals surface area contributed by atoms with Crippen LogP contribution in [0.15, 0.2) is 47.3 Å². The van der Waals surface area contributed by atoms with E-state index in [1.165, 1.54) is 0 Å². The van der Waals surface area contributed by atoms with Crippen LogP contribution in [0.1, 0.15) is 76.3 Å². The summed E-state index contributed by atoms with van der Waals surface area (Å²) >= 11 is -1.33. The molecule has 2 atom stereocenters. The SMILES string of the molecule is COc1cc2nc(C)ccc2cc1-c1cnc(C(CCCCCC2(c3ncco3)OCCO2)N[S@+]([O-])C(C)(C)C)n1COCC[Si](C)(C)C. The second kappa shape index (κ2) is 16.0. The summed E-state index contributed by atoms with van der Waals surface area (Å²) in [5, 5.41) is 1.01. The summed E-state index contributed by atoms with van der Waals surface area (Å²) in [5.74, 6) is 1.02. The number of imidazole rings is 1. The molecule has 1 unspecified atom stereocenters. The number of methoxy groups -OCH3 is 1. The van der Waals surface area contributed by atoms with Crippen LogP contribution in [0.4, 0.5) is 0 Å². The van der Waals surface area contributed by atoms with Gasteiger partial charge in [0.2, 0.25) is 5.79 Å². The molecule has 4 heterocycles. The topological polar surface area (TPSA) is 129 Å². The first-order valence-corrected chi connectivity index (χ1v) is 22.1. The fourth-order valence-corrected chi connectivity index (χ4v) is 7.44. The molecule has 1 N–H and O–H groups in total. The number of hydrogen-bond donors (Lipinski definition) is 1. The van der Waals surface area contributed by atoms with Crippen molar-refractivity contribution in [2.45, 2.75) is 109 Å². The molecule has 3 aromatic heterocycles. The molecule has 5 rings (SSSR count). The Labute approximate surface area is 294 Å². The van der Waals surface area contributed by atoms with Gasteiger partial charge in [-0.3, -0.25) is 4.98 Å². The Morgan fingerprint density at radius 2 is 1.88 bits per heavy atom. The summed E-state index contributed by atoms with van der Waals surface area (Å²) in [6.45, 7) is 16.9. The molecular weight excluding hydrogens is 659 g/mol. The van der Waals surface area contributed by atoms with Crippen molar-refractivity contribution >= 4 is 30.3 Å². The quantitative estimate of drug-likeness (QED) is 0.0662. The van der Waals surface area contributed by atoms with Gasteiger partial charge in [-0.1, -0.05) is 38.5 Å². The van der Waals surface area contributed by atoms with Crippen molar-refractivity contribution < 1.29 is 27.9 Å². The first-order valence-electron chi connectivity index (χ1n) is 17.2. The largest absolute Gasteiger partial charge is 0.598 e. The first kappa shape index (κ1) is 37.5. The van der Waals surface area contributed by atoms with Gasteiger partial charge < -0.3 is 32.5 Å². The predicted molar refractivity (Wildman–Crippen MR) is 195 cm³/mol. The zero-order valence-electron chi connectivity index (χ0n) is 30.3. The van der Waals surface area contributed by atoms with Crippen LogP contribution in [0.5, 0.6) is 5.75 Å². The Morgan fingerprint density at radius 3 is 2.55 bits per heavy atom. The standard InChI is InChI=1S/C36H53N5O6SSi/c1-26-13-14-27-22-28(32(43-5)23-30(27)39-26)31-24-38-33(41(31)25-44-20-21-49(6,7)8)29(40-48(42)35(2,3)4)12-10-9-11-15-36(46-18-19-47-36)34-37-16-17-45-34/h13-14,16-17,22-24,29,40H,9-12,15,18-21,25H2,1-8H3/t29?,48-/m1/s1. The molecule has 0 spiro atoms. The average Bonchev–Trinajstić information content (AvgIpc) is 3.83. The second-order valence-electron chi connectivity index (χ2n) is 14.9. The summed E-state index contributed by atoms with van der Waals surface area (Å²) in [7, 11) is 0.377. The van der Waals surface area contributed by atoms with E-state index in [-0.39, 0.29) is 6.04 Å². The number of nitrogens with zero attached hydrogens (tertiary/aromatic N) is 4. The van der Waals surface area contributed by atoms with Gasteiger partial charge in [0, 0.05) is 55.2 Å². The van der Waals surface area contributed by atoms with E-state index in [2.05, 4.69) is 46.0 Å². The lowest BCUT2D eigenvalue weighted by Gasteiger charge is -2.28. The highest BCUT2D eigenvalue weighted by Crippen LogP contribution is 2.38. The van der Waals surface area contributed by atoms with Crippen LogP contribution < -0.4 is 9.46 Å². The lowest BCUT2D eigenvalue weighted by Crippen LogP contribution is -2.42. The maximum absolute atomic E-state index is 13.6. The lowest BCUT2D eigenvalue weighted by molar-refractivity contribution is -0.187. The fraction of sp³-hybridized carbons (Fsp3) is 0.583. The van der Waals surface area contributed by atoms with Crippen LogP contribution in [0, 0.1) is 6.92 Å². The van der Waals surface area contributed by atoms with Crippen LogP contribution in [0.3, 0.4) is 0 Å². The van der Waals surface area contributed by atoms with E-state index in [0.29, 0.717) is 44.6 Å². The van der Waals surface area contributed by atoms with E-state index in [1.807, 2.05) is 46.0 Å². The third kappa shape index (κ3) is 9.51. The molecule has 4 aromatic rings. The van der Waals surface area contributed by atoms with Gasteiger partial charge in [-0.2, -0.15) is 0 Å². The number of oxazole rings is 1. The highest BCUT2D eigenvalue weighted by molar-refractivity contribution is 7.90. The third-order valence-corrected chi connectivity index (χ3v) is 12.0. The third-order valence-electron chi connectivity index (χ3n) is 8.66. The number of hydrogen-bond acceptors (Lipinski definition) is 10. The van der Waals surface area contributed by atoms with Gasteiger partial charge >= 0.3 is 0 Å². The molecule has 0 aliphatic carbocycles. The molecule has 0 saturated carbocycles. The van der Waals surface area contributed by atoms with E-state index in [0.717, 1.165) is 65.4 Å². The molecule has 1 saturated heterocycles. The maximum atomic E-state index is 13.6. The van der Waals surface area contributed by atoms with E-state index >= 15 is 0 Å². The maximum Gasteiger partial charge on any atom is 0.255 e. The Hall–Kier alpha value is -2.78. The van der Waals surface area contributed by atoms with Gasteiger partial charge in [-0.05, 0) is 58.7 Å². The molecule has 1 aliphatic rings. The van der Waals surface area contributed by atoms with Crippen molar-refractivity contribution in [1.82, 2.24) is 24.2 Å². The lowest BCUT2D eigenvalue weighted by atomic mass is 10.0. The molecule has 0 amide bonds. The molecule has 1 fully saturated rings. The van der Waals surface area contributed by atoms with E-state index < -0.39 is 30.0 Å². The van der Waals surface area contributed by atoms with Gasteiger partial charge in [0.25, 0.3) is 5.89 Å². The summed E-state index contributed by atoms with van der Waals surface area (Å²) in [5.41, 5.74) is 3.59. The number of ether oxygens (including phenoxy) is 4. The molecule has 13 heteroatoms. The molecule has 1 aliphatic heterocycles. The summed E-state index contributed by atoms with van der Waals surface area (Å²) < 4.78 is 48.5. The molecule has 0 bridgehead atoms. The van der Waals surface area contributed by atoms with Gasteiger partial charge in [0.1, 0.15) is 35.4 Å². The molecular formula is C36H53N5O6SSi. The fourth-order valence-electron chi connectivity index (χ4n) is 5.85. The van der Waals surface area contributed by atoms with Crippen molar-refractivity contribution in [3.63, 3.8) is 0 Å². The minimum atomic E-state index is -1.33. The first-order chi connectivity index (χ1) is 23.3. The number of fused-ring (bicyclic) bond motifs is 1. The van der Waals surface area contributed by atoms with Gasteiger partial charge in [-0.15, -0.1) is 4.72 Å². The molecule has 1 aromatic carbocycles. The number of aromatic nitrogens is 4. The average molecular weight is 712 g/mol. The van der Waals surface area contributed by atoms with Crippen molar-refractivity contribution in [3.05, 3.63) is 60.3 Å². The molecule has 49 heavy (non-hydrogen) atoms. The summed E-state index contributed by atoms with van der Waals surface area (Å²) in [6, 6.07) is 8.94. The van der Waals surface area contributed by atoms with Gasteiger partial charge in [0.05, 0.1) is 43.9 Å². The molecule has 11 nitrogen and oxygen atoms in total. The number of pyridine rings is 1. The van der Waals surface area contributed by atoms with E-state index in [1.54, 1.807) is 19.6 Å². The van der Waals surface area contributed by atoms with E-state index in [4.69, 9.17) is 33.3 Å². The van der Waals surface area contributed by atoms with Gasteiger partial charge in [0.15, 0.2) is 0 Å². The minimum absolute atomic E-state index is 0.287. The highest BCUT2D eigenvalue weighted by Gasteiger charge is 2.42. The smallest absolute Gasteiger partial charge is 0.255 e. The minimum Gasteiger partial charge on any atom is -0.598 e. The summed E-state index contributed by atoms with van der Waals surface area (Å²) in [6.07, 6.45) is 9.02. The number of nitrogens with one attached hydrogen (secondary N) is 1. The Bertz CT molecular complexity index is 1650. The normalized spacial score (nSPS) is 16.3. The van der Waals surface area contributed by atoms with Crippen molar-refractivity contribution in [1.29, 1.82) is 0 Å². The number of rotatable bonds is 17. The second-order valence-corrected chi connectivity index (χ2v) is 22.5. The zero-order valence-corrected chi connectivity index (χ0v) is 32.2. The Balaban J connectivity index is 1.42. The van der Waals surface area contributed by atoms with Gasteiger partial charge in [-0.25, -0.2) is 9.97 Å². The monoisotopic (exact) mass is 711 g/mol. The van der Waals surface area contributed by atoms with Crippen LogP contribution >= 0.6 is 0 Å². The number of unbranched alkanes of at least 4 members (excludes halogenated alkanes) is 2. The highest BCUT2D eigenvalue weighted by atomic mass is 32.2. The molecule has 268 valence electrons. The van der Waals surface area contributed by atoms with Crippen LogP contribution in [0.25, 0.3) is 22.2 Å². The molecule has 0 radical (unpaired) electrons. The van der Waals surface area contributed by atoms with Crippen molar-refractivity contribution in [2.24, 2.45) is 0 Å². The predicted octanol–water partition coefficient (Wildman–Crippen LogP) is 7.66. The zero-order chi connectivity index (χ0) is 35.2. The summed E-state index contributed by atoms with van der Waals surface area (Å²) in [4.78, 5) is 14.0. The Morgan fingerprint density at radius 1 is 1.10 bits per heavy atom. The van der Waals surface area contributed by atoms with Crippen LogP contribution in [-0.2, 0) is 38.1 Å². The van der Waals surface area contributed by atoms with Crippen LogP contribution in [0.2, 0.25) is 25.7 Å². The van der Waals surface area contributed by atoms with Crippen molar-refractivity contribution in [2.75, 3.05) is 26.9 Å². The van der Waals surface area contributed by atoms with Crippen LogP contribution in [-0.4, -0.2) is 63.8 Å².